The van der Waals surface area contributed by atoms with Gasteiger partial charge in [-0.05, 0) is 37.5 Å². The van der Waals surface area contributed by atoms with E-state index in [1.807, 2.05) is 0 Å². The molecule has 1 heterocycles. The average molecular weight is 266 g/mol. The predicted octanol–water partition coefficient (Wildman–Crippen LogP) is 3.08. The quantitative estimate of drug-likeness (QED) is 0.853. The SMILES string of the molecule is CCCC1(C)CCCN(C(=O)C2(N)CCCCC2)C1. The third-order valence-electron chi connectivity index (χ3n) is 5.09. The molecule has 0 spiro atoms. The molecule has 1 saturated carbocycles. The maximum atomic E-state index is 12.8. The smallest absolute Gasteiger partial charge is 0.242 e. The molecular weight excluding hydrogens is 236 g/mol. The molecule has 0 bridgehead atoms. The summed E-state index contributed by atoms with van der Waals surface area (Å²) in [5.74, 6) is 0.231. The number of hydrogen-bond donors (Lipinski definition) is 1. The molecule has 3 nitrogen and oxygen atoms in total. The Bertz CT molecular complexity index is 319. The van der Waals surface area contributed by atoms with E-state index in [0.29, 0.717) is 5.41 Å². The van der Waals surface area contributed by atoms with Crippen molar-refractivity contribution in [3.05, 3.63) is 0 Å². The zero-order valence-electron chi connectivity index (χ0n) is 12.7. The normalized spacial score (nSPS) is 31.2. The van der Waals surface area contributed by atoms with Gasteiger partial charge in [0.15, 0.2) is 0 Å². The van der Waals surface area contributed by atoms with Crippen LogP contribution in [0.2, 0.25) is 0 Å². The van der Waals surface area contributed by atoms with Crippen LogP contribution < -0.4 is 5.73 Å². The van der Waals surface area contributed by atoms with E-state index in [9.17, 15) is 4.79 Å². The number of carbonyl (C=O) groups is 1. The topological polar surface area (TPSA) is 46.3 Å². The predicted molar refractivity (Wildman–Crippen MR) is 78.8 cm³/mol. The summed E-state index contributed by atoms with van der Waals surface area (Å²) in [4.78, 5) is 14.8. The van der Waals surface area contributed by atoms with Gasteiger partial charge in [0.1, 0.15) is 0 Å². The lowest BCUT2D eigenvalue weighted by molar-refractivity contribution is -0.141. The van der Waals surface area contributed by atoms with Crippen molar-refractivity contribution in [1.82, 2.24) is 4.90 Å². The highest BCUT2D eigenvalue weighted by molar-refractivity contribution is 5.86. The van der Waals surface area contributed by atoms with Gasteiger partial charge in [-0.2, -0.15) is 0 Å². The van der Waals surface area contributed by atoms with Crippen LogP contribution in [0.15, 0.2) is 0 Å². The third-order valence-corrected chi connectivity index (χ3v) is 5.09. The second kappa shape index (κ2) is 5.82. The molecule has 2 fully saturated rings. The second-order valence-electron chi connectivity index (χ2n) is 7.11. The van der Waals surface area contributed by atoms with Gasteiger partial charge < -0.3 is 10.6 Å². The van der Waals surface area contributed by atoms with E-state index in [1.165, 1.54) is 25.7 Å². The molecule has 1 aliphatic carbocycles. The standard InChI is InChI=1S/C16H30N2O/c1-3-8-15(2)9-7-12-18(13-15)14(19)16(17)10-5-4-6-11-16/h3-13,17H2,1-2H3. The minimum Gasteiger partial charge on any atom is -0.341 e. The third kappa shape index (κ3) is 3.31. The van der Waals surface area contributed by atoms with Gasteiger partial charge in [0, 0.05) is 13.1 Å². The fourth-order valence-corrected chi connectivity index (χ4v) is 4.01. The summed E-state index contributed by atoms with van der Waals surface area (Å²) >= 11 is 0. The number of rotatable bonds is 3. The second-order valence-corrected chi connectivity index (χ2v) is 7.11. The first-order valence-corrected chi connectivity index (χ1v) is 8.07. The van der Waals surface area contributed by atoms with Crippen LogP contribution in [0.25, 0.3) is 0 Å². The molecule has 1 saturated heterocycles. The summed E-state index contributed by atoms with van der Waals surface area (Å²) < 4.78 is 0. The van der Waals surface area contributed by atoms with Gasteiger partial charge in [0.05, 0.1) is 5.54 Å². The van der Waals surface area contributed by atoms with Crippen molar-refractivity contribution < 1.29 is 4.79 Å². The molecule has 2 aliphatic rings. The average Bonchev–Trinajstić information content (AvgIpc) is 2.38. The molecule has 2 N–H and O–H groups in total. The maximum absolute atomic E-state index is 12.8. The van der Waals surface area contributed by atoms with Crippen molar-refractivity contribution >= 4 is 5.91 Å². The van der Waals surface area contributed by atoms with E-state index in [2.05, 4.69) is 18.7 Å². The lowest BCUT2D eigenvalue weighted by Crippen LogP contribution is -2.59. The minimum absolute atomic E-state index is 0.231. The zero-order chi connectivity index (χ0) is 13.9. The van der Waals surface area contributed by atoms with E-state index in [0.717, 1.165) is 45.2 Å². The Hall–Kier alpha value is -0.570. The van der Waals surface area contributed by atoms with E-state index >= 15 is 0 Å². The van der Waals surface area contributed by atoms with Gasteiger partial charge in [0.25, 0.3) is 0 Å². The number of amides is 1. The van der Waals surface area contributed by atoms with Crippen molar-refractivity contribution in [1.29, 1.82) is 0 Å². The first-order valence-electron chi connectivity index (χ1n) is 8.07. The maximum Gasteiger partial charge on any atom is 0.242 e. The summed E-state index contributed by atoms with van der Waals surface area (Å²) in [5.41, 5.74) is 6.17. The molecule has 19 heavy (non-hydrogen) atoms. The first-order chi connectivity index (χ1) is 8.99. The summed E-state index contributed by atoms with van der Waals surface area (Å²) in [7, 11) is 0. The van der Waals surface area contributed by atoms with Gasteiger partial charge >= 0.3 is 0 Å². The minimum atomic E-state index is -0.553. The molecular formula is C16H30N2O. The fourth-order valence-electron chi connectivity index (χ4n) is 4.01. The van der Waals surface area contributed by atoms with Gasteiger partial charge in [-0.3, -0.25) is 4.79 Å². The highest BCUT2D eigenvalue weighted by atomic mass is 16.2. The van der Waals surface area contributed by atoms with Crippen molar-refractivity contribution in [3.8, 4) is 0 Å². The van der Waals surface area contributed by atoms with Crippen LogP contribution in [-0.4, -0.2) is 29.4 Å². The van der Waals surface area contributed by atoms with Gasteiger partial charge in [-0.15, -0.1) is 0 Å². The molecule has 1 aliphatic heterocycles. The van der Waals surface area contributed by atoms with Gasteiger partial charge in [-0.1, -0.05) is 39.5 Å². The fraction of sp³-hybridized carbons (Fsp3) is 0.938. The lowest BCUT2D eigenvalue weighted by Gasteiger charge is -2.44. The number of piperidine rings is 1. The zero-order valence-corrected chi connectivity index (χ0v) is 12.7. The Morgan fingerprint density at radius 2 is 1.84 bits per heavy atom. The number of hydrogen-bond acceptors (Lipinski definition) is 2. The van der Waals surface area contributed by atoms with Crippen LogP contribution in [0.4, 0.5) is 0 Å². The summed E-state index contributed by atoms with van der Waals surface area (Å²) in [5, 5.41) is 0. The summed E-state index contributed by atoms with van der Waals surface area (Å²) in [6, 6.07) is 0. The van der Waals surface area contributed by atoms with Crippen LogP contribution in [0, 0.1) is 5.41 Å². The van der Waals surface area contributed by atoms with Crippen molar-refractivity contribution in [2.24, 2.45) is 11.1 Å². The highest BCUT2D eigenvalue weighted by Crippen LogP contribution is 2.36. The molecule has 0 aromatic heterocycles. The van der Waals surface area contributed by atoms with Crippen LogP contribution >= 0.6 is 0 Å². The van der Waals surface area contributed by atoms with E-state index < -0.39 is 5.54 Å². The Kier molecular flexibility index (Phi) is 4.54. The molecule has 110 valence electrons. The van der Waals surface area contributed by atoms with Crippen molar-refractivity contribution in [2.45, 2.75) is 77.2 Å². The number of nitrogens with zero attached hydrogens (tertiary/aromatic N) is 1. The Balaban J connectivity index is 2.02. The van der Waals surface area contributed by atoms with E-state index in [1.54, 1.807) is 0 Å². The van der Waals surface area contributed by atoms with Crippen LogP contribution in [-0.2, 0) is 4.79 Å². The molecule has 0 radical (unpaired) electrons. The highest BCUT2D eigenvalue weighted by Gasteiger charge is 2.41. The Morgan fingerprint density at radius 1 is 1.16 bits per heavy atom. The number of likely N-dealkylation sites (tertiary alicyclic amines) is 1. The van der Waals surface area contributed by atoms with Gasteiger partial charge in [0.2, 0.25) is 5.91 Å². The molecule has 0 aromatic carbocycles. The van der Waals surface area contributed by atoms with Crippen LogP contribution in [0.5, 0.6) is 0 Å². The lowest BCUT2D eigenvalue weighted by atomic mass is 9.76. The van der Waals surface area contributed by atoms with Crippen LogP contribution in [0.1, 0.15) is 71.6 Å². The number of carbonyl (C=O) groups excluding carboxylic acids is 1. The molecule has 0 aromatic rings. The molecule has 1 atom stereocenters. The van der Waals surface area contributed by atoms with Crippen LogP contribution in [0.3, 0.4) is 0 Å². The number of nitrogens with two attached hydrogens (primary N) is 1. The largest absolute Gasteiger partial charge is 0.341 e. The van der Waals surface area contributed by atoms with Crippen molar-refractivity contribution in [3.63, 3.8) is 0 Å². The van der Waals surface area contributed by atoms with E-state index in [-0.39, 0.29) is 5.91 Å². The summed E-state index contributed by atoms with van der Waals surface area (Å²) in [6.45, 7) is 6.40. The van der Waals surface area contributed by atoms with Crippen molar-refractivity contribution in [2.75, 3.05) is 13.1 Å². The molecule has 1 amide bonds. The molecule has 1 unspecified atom stereocenters. The Morgan fingerprint density at radius 3 is 2.47 bits per heavy atom. The van der Waals surface area contributed by atoms with Gasteiger partial charge in [-0.25, -0.2) is 0 Å². The molecule has 2 rings (SSSR count). The van der Waals surface area contributed by atoms with E-state index in [4.69, 9.17) is 5.73 Å². The Labute approximate surface area is 117 Å². The summed E-state index contributed by atoms with van der Waals surface area (Å²) in [6.07, 6.45) is 10.0. The first kappa shape index (κ1) is 14.8. The molecule has 3 heteroatoms. The monoisotopic (exact) mass is 266 g/mol.